The number of hydrogen-bond acceptors (Lipinski definition) is 3. The molecular formula is C11H13F3O3S. The third-order valence-electron chi connectivity index (χ3n) is 2.44. The molecule has 0 radical (unpaired) electrons. The van der Waals surface area contributed by atoms with Crippen molar-refractivity contribution < 1.29 is 25.8 Å². The first-order valence-corrected chi connectivity index (χ1v) is 6.65. The van der Waals surface area contributed by atoms with Gasteiger partial charge in [-0.05, 0) is 17.9 Å². The van der Waals surface area contributed by atoms with Crippen molar-refractivity contribution in [3.8, 4) is 0 Å². The van der Waals surface area contributed by atoms with E-state index in [1.165, 1.54) is 0 Å². The molecule has 0 fully saturated rings. The second kappa shape index (κ2) is 5.71. The van der Waals surface area contributed by atoms with Crippen molar-refractivity contribution >= 4 is 10.1 Å². The van der Waals surface area contributed by atoms with Crippen molar-refractivity contribution in [2.75, 3.05) is 6.61 Å². The molecule has 0 amide bonds. The predicted molar refractivity (Wildman–Crippen MR) is 60.4 cm³/mol. The minimum Gasteiger partial charge on any atom is -0.263 e. The smallest absolute Gasteiger partial charge is 0.263 e. The van der Waals surface area contributed by atoms with Crippen molar-refractivity contribution in [3.05, 3.63) is 35.9 Å². The Morgan fingerprint density at radius 3 is 2.28 bits per heavy atom. The fourth-order valence-corrected chi connectivity index (χ4v) is 1.80. The van der Waals surface area contributed by atoms with Gasteiger partial charge < -0.3 is 0 Å². The van der Waals surface area contributed by atoms with Crippen LogP contribution in [0.3, 0.4) is 0 Å². The molecule has 0 saturated carbocycles. The summed E-state index contributed by atoms with van der Waals surface area (Å²) in [5.74, 6) is -0.0744. The topological polar surface area (TPSA) is 43.4 Å². The van der Waals surface area contributed by atoms with Crippen LogP contribution in [0.1, 0.15) is 24.8 Å². The van der Waals surface area contributed by atoms with Gasteiger partial charge in [-0.15, -0.1) is 0 Å². The minimum absolute atomic E-state index is 0.0744. The van der Waals surface area contributed by atoms with Crippen molar-refractivity contribution in [1.29, 1.82) is 0 Å². The van der Waals surface area contributed by atoms with E-state index in [0.29, 0.717) is 0 Å². The van der Waals surface area contributed by atoms with E-state index >= 15 is 0 Å². The Bertz CT molecular complexity index is 468. The molecule has 0 heterocycles. The molecule has 0 aliphatic rings. The van der Waals surface area contributed by atoms with Crippen molar-refractivity contribution in [2.24, 2.45) is 0 Å². The van der Waals surface area contributed by atoms with Gasteiger partial charge in [-0.2, -0.15) is 21.6 Å². The van der Waals surface area contributed by atoms with Crippen LogP contribution in [0.15, 0.2) is 30.3 Å². The van der Waals surface area contributed by atoms with Crippen LogP contribution in [0.5, 0.6) is 0 Å². The highest BCUT2D eigenvalue weighted by Crippen LogP contribution is 2.26. The normalized spacial score (nSPS) is 14.4. The Hall–Kier alpha value is -1.08. The first-order valence-electron chi connectivity index (χ1n) is 5.24. The summed E-state index contributed by atoms with van der Waals surface area (Å²) in [6, 6.07) is 9.07. The monoisotopic (exact) mass is 282 g/mol. The second-order valence-electron chi connectivity index (χ2n) is 3.82. The summed E-state index contributed by atoms with van der Waals surface area (Å²) in [4.78, 5) is 0. The van der Waals surface area contributed by atoms with E-state index in [9.17, 15) is 21.6 Å². The predicted octanol–water partition coefficient (Wildman–Crippen LogP) is 3.05. The first-order chi connectivity index (χ1) is 8.24. The maximum atomic E-state index is 12.0. The molecule has 3 nitrogen and oxygen atoms in total. The Labute approximate surface area is 104 Å². The van der Waals surface area contributed by atoms with E-state index in [1.54, 1.807) is 19.1 Å². The zero-order valence-electron chi connectivity index (χ0n) is 9.65. The standard InChI is InChI=1S/C11H13F3O3S/c1-9(10-5-3-2-4-6-10)7-8-17-18(15,16)11(12,13)14/h2-6,9H,7-8H2,1H3. The van der Waals surface area contributed by atoms with Gasteiger partial charge in [-0.25, -0.2) is 0 Å². The number of hydrogen-bond donors (Lipinski definition) is 0. The van der Waals surface area contributed by atoms with E-state index in [0.717, 1.165) is 5.56 Å². The van der Waals surface area contributed by atoms with Crippen molar-refractivity contribution in [3.63, 3.8) is 0 Å². The second-order valence-corrected chi connectivity index (χ2v) is 5.43. The maximum absolute atomic E-state index is 12.0. The molecule has 1 rings (SSSR count). The molecule has 0 N–H and O–H groups in total. The van der Waals surface area contributed by atoms with Gasteiger partial charge in [0, 0.05) is 0 Å². The highest BCUT2D eigenvalue weighted by molar-refractivity contribution is 7.87. The Morgan fingerprint density at radius 1 is 1.22 bits per heavy atom. The van der Waals surface area contributed by atoms with Crippen molar-refractivity contribution in [1.82, 2.24) is 0 Å². The molecule has 7 heteroatoms. The molecule has 0 aliphatic carbocycles. The summed E-state index contributed by atoms with van der Waals surface area (Å²) in [5.41, 5.74) is -4.44. The Morgan fingerprint density at radius 2 is 1.78 bits per heavy atom. The Kier molecular flexibility index (Phi) is 4.75. The van der Waals surface area contributed by atoms with Gasteiger partial charge in [0.05, 0.1) is 6.61 Å². The number of alkyl halides is 3. The SMILES string of the molecule is CC(CCOS(=O)(=O)C(F)(F)F)c1ccccc1. The molecule has 1 atom stereocenters. The van der Waals surface area contributed by atoms with E-state index in [-0.39, 0.29) is 12.3 Å². The molecule has 102 valence electrons. The van der Waals surface area contributed by atoms with E-state index in [1.807, 2.05) is 18.2 Å². The summed E-state index contributed by atoms with van der Waals surface area (Å²) in [5, 5.41) is 0. The van der Waals surface area contributed by atoms with Crippen LogP contribution < -0.4 is 0 Å². The highest BCUT2D eigenvalue weighted by atomic mass is 32.2. The lowest BCUT2D eigenvalue weighted by Gasteiger charge is -2.12. The van der Waals surface area contributed by atoms with Crippen LogP contribution in [0.2, 0.25) is 0 Å². The van der Waals surface area contributed by atoms with Gasteiger partial charge in [-0.1, -0.05) is 37.3 Å². The first kappa shape index (κ1) is 15.0. The van der Waals surface area contributed by atoms with Crippen LogP contribution in [0.25, 0.3) is 0 Å². The summed E-state index contributed by atoms with van der Waals surface area (Å²) < 4.78 is 61.1. The maximum Gasteiger partial charge on any atom is 0.523 e. The van der Waals surface area contributed by atoms with Crippen LogP contribution in [-0.2, 0) is 14.3 Å². The summed E-state index contributed by atoms with van der Waals surface area (Å²) in [6.45, 7) is 1.30. The molecular weight excluding hydrogens is 269 g/mol. The molecule has 0 spiro atoms. The van der Waals surface area contributed by atoms with Gasteiger partial charge in [0.1, 0.15) is 0 Å². The highest BCUT2D eigenvalue weighted by Gasteiger charge is 2.47. The van der Waals surface area contributed by atoms with Crippen molar-refractivity contribution in [2.45, 2.75) is 24.8 Å². The number of halogens is 3. The van der Waals surface area contributed by atoms with E-state index in [4.69, 9.17) is 0 Å². The quantitative estimate of drug-likeness (QED) is 0.616. The molecule has 0 saturated heterocycles. The summed E-state index contributed by atoms with van der Waals surface area (Å²) in [6.07, 6.45) is 0.194. The van der Waals surface area contributed by atoms with Gasteiger partial charge in [-0.3, -0.25) is 4.18 Å². The zero-order valence-corrected chi connectivity index (χ0v) is 10.5. The fourth-order valence-electron chi connectivity index (χ4n) is 1.35. The molecule has 1 aromatic rings. The number of benzene rings is 1. The summed E-state index contributed by atoms with van der Waals surface area (Å²) >= 11 is 0. The fraction of sp³-hybridized carbons (Fsp3) is 0.455. The third-order valence-corrected chi connectivity index (χ3v) is 3.49. The molecule has 0 bridgehead atoms. The van der Waals surface area contributed by atoms with Crippen LogP contribution >= 0.6 is 0 Å². The lowest BCUT2D eigenvalue weighted by molar-refractivity contribution is -0.0543. The Balaban J connectivity index is 2.49. The molecule has 0 aromatic heterocycles. The minimum atomic E-state index is -5.48. The zero-order chi connectivity index (χ0) is 13.8. The average Bonchev–Trinajstić information content (AvgIpc) is 2.28. The molecule has 1 unspecified atom stereocenters. The van der Waals surface area contributed by atoms with E-state index in [2.05, 4.69) is 4.18 Å². The van der Waals surface area contributed by atoms with Gasteiger partial charge >= 0.3 is 15.6 Å². The van der Waals surface area contributed by atoms with Crippen LogP contribution in [0.4, 0.5) is 13.2 Å². The van der Waals surface area contributed by atoms with E-state index < -0.39 is 22.2 Å². The summed E-state index contributed by atoms with van der Waals surface area (Å²) in [7, 11) is -5.48. The van der Waals surface area contributed by atoms with Crippen LogP contribution in [-0.4, -0.2) is 20.5 Å². The van der Waals surface area contributed by atoms with Gasteiger partial charge in [0.25, 0.3) is 0 Å². The molecule has 0 aliphatic heterocycles. The third kappa shape index (κ3) is 3.99. The molecule has 1 aromatic carbocycles. The number of rotatable bonds is 5. The van der Waals surface area contributed by atoms with Gasteiger partial charge in [0.15, 0.2) is 0 Å². The lowest BCUT2D eigenvalue weighted by atomic mass is 9.99. The van der Waals surface area contributed by atoms with Crippen LogP contribution in [0, 0.1) is 0 Å². The largest absolute Gasteiger partial charge is 0.523 e. The van der Waals surface area contributed by atoms with Gasteiger partial charge in [0.2, 0.25) is 0 Å². The lowest BCUT2D eigenvalue weighted by Crippen LogP contribution is -2.26. The molecule has 18 heavy (non-hydrogen) atoms. The average molecular weight is 282 g/mol.